The Kier molecular flexibility index (Phi) is 3.65. The van der Waals surface area contributed by atoms with Gasteiger partial charge in [0, 0.05) is 4.88 Å². The van der Waals surface area contributed by atoms with Crippen molar-refractivity contribution in [1.29, 1.82) is 0 Å². The molecule has 0 spiro atoms. The van der Waals surface area contributed by atoms with E-state index >= 15 is 0 Å². The second kappa shape index (κ2) is 5.42. The Balaban J connectivity index is 1.62. The normalized spacial score (nSPS) is 14.8. The van der Waals surface area contributed by atoms with Gasteiger partial charge in [-0.1, -0.05) is 18.7 Å². The van der Waals surface area contributed by atoms with Crippen LogP contribution < -0.4 is 0 Å². The predicted octanol–water partition coefficient (Wildman–Crippen LogP) is 2.61. The number of hydrogen-bond acceptors (Lipinski definition) is 6. The fourth-order valence-electron chi connectivity index (χ4n) is 1.75. The molecule has 0 atom stereocenters. The van der Waals surface area contributed by atoms with Crippen molar-refractivity contribution in [2.24, 2.45) is 0 Å². The summed E-state index contributed by atoms with van der Waals surface area (Å²) in [6.07, 6.45) is 3.25. The highest BCUT2D eigenvalue weighted by molar-refractivity contribution is 7.99. The Bertz CT molecular complexity index is 588. The summed E-state index contributed by atoms with van der Waals surface area (Å²) >= 11 is 3.01. The fraction of sp³-hybridized carbons (Fsp3) is 0.500. The van der Waals surface area contributed by atoms with Crippen LogP contribution in [0.25, 0.3) is 0 Å². The number of tetrazole rings is 1. The molecule has 0 aliphatic heterocycles. The first-order valence-corrected chi connectivity index (χ1v) is 8.10. The van der Waals surface area contributed by atoms with Crippen LogP contribution in [-0.4, -0.2) is 31.7 Å². The average molecular weight is 294 g/mol. The number of Topliss-reactive ketones (excluding diaryl/α,β-unsaturated/α-hetero) is 1. The zero-order chi connectivity index (χ0) is 13.2. The Morgan fingerprint density at radius 2 is 2.37 bits per heavy atom. The largest absolute Gasteiger partial charge is 0.292 e. The van der Waals surface area contributed by atoms with Crippen molar-refractivity contribution >= 4 is 28.9 Å². The number of nitrogens with zero attached hydrogens (tertiary/aromatic N) is 4. The van der Waals surface area contributed by atoms with E-state index in [0.29, 0.717) is 11.8 Å². The summed E-state index contributed by atoms with van der Waals surface area (Å²) in [5.74, 6) is 0.552. The van der Waals surface area contributed by atoms with E-state index in [9.17, 15) is 4.79 Å². The molecule has 0 amide bonds. The summed E-state index contributed by atoms with van der Waals surface area (Å²) in [5, 5.41) is 12.4. The number of aromatic nitrogens is 4. The standard InChI is InChI=1S/C12H14N4OS2/c1-2-9-5-6-11(19-9)10(17)7-18-12-13-14-15-16(12)8-3-4-8/h5-6,8H,2-4,7H2,1H3. The van der Waals surface area contributed by atoms with Crippen LogP contribution in [0.2, 0.25) is 0 Å². The van der Waals surface area contributed by atoms with Gasteiger partial charge in [-0.25, -0.2) is 4.68 Å². The van der Waals surface area contributed by atoms with Gasteiger partial charge in [0.15, 0.2) is 5.78 Å². The highest BCUT2D eigenvalue weighted by Crippen LogP contribution is 2.36. The molecule has 2 aromatic rings. The molecule has 0 N–H and O–H groups in total. The second-order valence-corrected chi connectivity index (χ2v) is 6.58. The third-order valence-electron chi connectivity index (χ3n) is 2.97. The Hall–Kier alpha value is -1.21. The minimum atomic E-state index is 0.153. The smallest absolute Gasteiger partial charge is 0.210 e. The number of hydrogen-bond donors (Lipinski definition) is 0. The van der Waals surface area contributed by atoms with E-state index in [1.165, 1.54) is 16.6 Å². The number of carbonyl (C=O) groups excluding carboxylic acids is 1. The monoisotopic (exact) mass is 294 g/mol. The third-order valence-corrected chi connectivity index (χ3v) is 5.18. The molecular formula is C12H14N4OS2. The minimum absolute atomic E-state index is 0.153. The maximum atomic E-state index is 12.1. The molecule has 5 nitrogen and oxygen atoms in total. The van der Waals surface area contributed by atoms with Crippen molar-refractivity contribution in [3.8, 4) is 0 Å². The maximum Gasteiger partial charge on any atom is 0.210 e. The van der Waals surface area contributed by atoms with Gasteiger partial charge in [-0.05, 0) is 41.8 Å². The predicted molar refractivity (Wildman–Crippen MR) is 74.8 cm³/mol. The van der Waals surface area contributed by atoms with Crippen LogP contribution in [-0.2, 0) is 6.42 Å². The quantitative estimate of drug-likeness (QED) is 0.605. The average Bonchev–Trinajstić information content (AvgIpc) is 2.98. The van der Waals surface area contributed by atoms with E-state index < -0.39 is 0 Å². The van der Waals surface area contributed by atoms with Crippen LogP contribution in [0.4, 0.5) is 0 Å². The molecule has 100 valence electrons. The first-order chi connectivity index (χ1) is 9.28. The lowest BCUT2D eigenvalue weighted by atomic mass is 10.3. The molecule has 0 unspecified atom stereocenters. The van der Waals surface area contributed by atoms with Crippen LogP contribution in [0.1, 0.15) is 40.4 Å². The van der Waals surface area contributed by atoms with Crippen molar-refractivity contribution in [2.75, 3.05) is 5.75 Å². The van der Waals surface area contributed by atoms with Crippen LogP contribution in [0.3, 0.4) is 0 Å². The number of thioether (sulfide) groups is 1. The summed E-state index contributed by atoms with van der Waals surface area (Å²) in [5.41, 5.74) is 0. The van der Waals surface area contributed by atoms with E-state index in [1.54, 1.807) is 11.3 Å². The molecule has 0 bridgehead atoms. The van der Waals surface area contributed by atoms with Crippen LogP contribution in [0.15, 0.2) is 17.3 Å². The Morgan fingerprint density at radius 3 is 3.05 bits per heavy atom. The third kappa shape index (κ3) is 2.87. The van der Waals surface area contributed by atoms with Crippen LogP contribution >= 0.6 is 23.1 Å². The number of carbonyl (C=O) groups is 1. The molecule has 19 heavy (non-hydrogen) atoms. The highest BCUT2D eigenvalue weighted by atomic mass is 32.2. The molecule has 1 fully saturated rings. The molecule has 0 saturated heterocycles. The first kappa shape index (κ1) is 12.8. The molecule has 1 aliphatic rings. The van der Waals surface area contributed by atoms with Crippen molar-refractivity contribution in [3.63, 3.8) is 0 Å². The molecule has 2 aromatic heterocycles. The molecule has 2 heterocycles. The van der Waals surface area contributed by atoms with Gasteiger partial charge in [0.05, 0.1) is 16.7 Å². The number of aryl methyl sites for hydroxylation is 1. The lowest BCUT2D eigenvalue weighted by molar-refractivity contribution is 0.102. The van der Waals surface area contributed by atoms with E-state index in [0.717, 1.165) is 29.3 Å². The van der Waals surface area contributed by atoms with Crippen molar-refractivity contribution in [3.05, 3.63) is 21.9 Å². The zero-order valence-corrected chi connectivity index (χ0v) is 12.2. The number of ketones is 1. The lowest BCUT2D eigenvalue weighted by Gasteiger charge is -2.00. The van der Waals surface area contributed by atoms with E-state index in [4.69, 9.17) is 0 Å². The van der Waals surface area contributed by atoms with Gasteiger partial charge in [0.2, 0.25) is 5.16 Å². The van der Waals surface area contributed by atoms with Crippen LogP contribution in [0.5, 0.6) is 0 Å². The molecular weight excluding hydrogens is 280 g/mol. The van der Waals surface area contributed by atoms with Gasteiger partial charge in [-0.3, -0.25) is 4.79 Å². The lowest BCUT2D eigenvalue weighted by Crippen LogP contribution is -2.03. The minimum Gasteiger partial charge on any atom is -0.292 e. The summed E-state index contributed by atoms with van der Waals surface area (Å²) < 4.78 is 1.84. The van der Waals surface area contributed by atoms with Gasteiger partial charge >= 0.3 is 0 Å². The zero-order valence-electron chi connectivity index (χ0n) is 10.6. The summed E-state index contributed by atoms with van der Waals surface area (Å²) in [4.78, 5) is 14.2. The Morgan fingerprint density at radius 1 is 1.53 bits per heavy atom. The van der Waals surface area contributed by atoms with Gasteiger partial charge < -0.3 is 0 Å². The van der Waals surface area contributed by atoms with Gasteiger partial charge in [0.1, 0.15) is 0 Å². The maximum absolute atomic E-state index is 12.1. The molecule has 3 rings (SSSR count). The van der Waals surface area contributed by atoms with E-state index in [-0.39, 0.29) is 5.78 Å². The highest BCUT2D eigenvalue weighted by Gasteiger charge is 2.28. The second-order valence-electron chi connectivity index (χ2n) is 4.47. The Labute approximate surface area is 119 Å². The summed E-state index contributed by atoms with van der Waals surface area (Å²) in [6.45, 7) is 2.10. The molecule has 0 aromatic carbocycles. The van der Waals surface area contributed by atoms with Crippen LogP contribution in [0, 0.1) is 0 Å². The van der Waals surface area contributed by atoms with E-state index in [1.807, 2.05) is 16.8 Å². The van der Waals surface area contributed by atoms with Gasteiger partial charge in [0.25, 0.3) is 0 Å². The van der Waals surface area contributed by atoms with Gasteiger partial charge in [-0.2, -0.15) is 0 Å². The SMILES string of the molecule is CCc1ccc(C(=O)CSc2nnnn2C2CC2)s1. The number of thiophene rings is 1. The van der Waals surface area contributed by atoms with E-state index in [2.05, 4.69) is 22.4 Å². The molecule has 0 radical (unpaired) electrons. The topological polar surface area (TPSA) is 60.7 Å². The molecule has 7 heteroatoms. The first-order valence-electron chi connectivity index (χ1n) is 6.30. The van der Waals surface area contributed by atoms with Crippen molar-refractivity contribution < 1.29 is 4.79 Å². The summed E-state index contributed by atoms with van der Waals surface area (Å²) in [6, 6.07) is 4.38. The fourth-order valence-corrected chi connectivity index (χ4v) is 3.55. The number of rotatable bonds is 6. The van der Waals surface area contributed by atoms with Crippen molar-refractivity contribution in [1.82, 2.24) is 20.2 Å². The van der Waals surface area contributed by atoms with Gasteiger partial charge in [-0.15, -0.1) is 16.4 Å². The molecule has 1 saturated carbocycles. The summed E-state index contributed by atoms with van der Waals surface area (Å²) in [7, 11) is 0. The van der Waals surface area contributed by atoms with Crippen molar-refractivity contribution in [2.45, 2.75) is 37.4 Å². The molecule has 1 aliphatic carbocycles.